The topological polar surface area (TPSA) is 84.3 Å². The minimum absolute atomic E-state index is 0.00438. The molecule has 7 heteroatoms. The summed E-state index contributed by atoms with van der Waals surface area (Å²) in [6, 6.07) is 15.8. The molecule has 1 amide bonds. The molecule has 5 rings (SSSR count). The van der Waals surface area contributed by atoms with Crippen molar-refractivity contribution in [2.45, 2.75) is 32.2 Å². The highest BCUT2D eigenvalue weighted by atomic mass is 35.5. The Kier molecular flexibility index (Phi) is 5.62. The normalized spacial score (nSPS) is 20.3. The number of carbonyl (C=O) groups is 1. The molecule has 0 fully saturated rings. The maximum Gasteiger partial charge on any atom is 0.269 e. The molecule has 3 atom stereocenters. The fraction of sp³-hybridized carbons (Fsp3) is 0.222. The molecule has 1 aliphatic heterocycles. The van der Waals surface area contributed by atoms with Gasteiger partial charge in [0.2, 0.25) is 0 Å². The van der Waals surface area contributed by atoms with Crippen LogP contribution in [0.15, 0.2) is 66.7 Å². The highest BCUT2D eigenvalue weighted by Gasteiger charge is 2.40. The van der Waals surface area contributed by atoms with Gasteiger partial charge in [0.05, 0.1) is 22.2 Å². The molecule has 2 aliphatic rings. The molecule has 3 aromatic rings. The number of para-hydroxylation sites is 1. The molecule has 3 aromatic carbocycles. The van der Waals surface area contributed by atoms with Crippen molar-refractivity contribution in [1.29, 1.82) is 0 Å². The molecule has 0 saturated carbocycles. The molecule has 1 aliphatic carbocycles. The van der Waals surface area contributed by atoms with E-state index in [9.17, 15) is 14.9 Å². The van der Waals surface area contributed by atoms with E-state index in [-0.39, 0.29) is 29.5 Å². The zero-order chi connectivity index (χ0) is 24.0. The highest BCUT2D eigenvalue weighted by Crippen LogP contribution is 2.52. The molecule has 3 unspecified atom stereocenters. The smallest absolute Gasteiger partial charge is 0.269 e. The van der Waals surface area contributed by atoms with E-state index < -0.39 is 4.92 Å². The number of fused-ring (bicyclic) bond motifs is 3. The van der Waals surface area contributed by atoms with Crippen molar-refractivity contribution >= 4 is 34.6 Å². The Hall–Kier alpha value is -3.64. The van der Waals surface area contributed by atoms with Crippen LogP contribution < -0.4 is 10.6 Å². The predicted molar refractivity (Wildman–Crippen MR) is 135 cm³/mol. The second-order valence-electron chi connectivity index (χ2n) is 8.96. The average Bonchev–Trinajstić information content (AvgIpc) is 3.31. The van der Waals surface area contributed by atoms with E-state index in [1.807, 2.05) is 44.2 Å². The largest absolute Gasteiger partial charge is 0.377 e. The number of nitro groups is 1. The maximum absolute atomic E-state index is 13.3. The first-order valence-corrected chi connectivity index (χ1v) is 11.6. The van der Waals surface area contributed by atoms with Crippen molar-refractivity contribution in [1.82, 2.24) is 0 Å². The lowest BCUT2D eigenvalue weighted by molar-refractivity contribution is -0.384. The third kappa shape index (κ3) is 3.84. The standard InChI is InChI=1S/C27H24ClN3O3/c1-15-9-10-17(13-16(15)2)29-27(32)22-8-4-7-20-19-5-3-6-21(19)26(30-25(20)22)23-14-18(31(33)34)11-12-24(23)28/h3-5,7-14,19,21,26,30H,6H2,1-2H3,(H,29,32). The van der Waals surface area contributed by atoms with Crippen LogP contribution >= 0.6 is 11.6 Å². The van der Waals surface area contributed by atoms with Crippen LogP contribution in [0, 0.1) is 29.9 Å². The Morgan fingerprint density at radius 1 is 1.09 bits per heavy atom. The molecule has 172 valence electrons. The van der Waals surface area contributed by atoms with Gasteiger partial charge in [-0.3, -0.25) is 14.9 Å². The number of aryl methyl sites for hydroxylation is 2. The number of halogens is 1. The second-order valence-corrected chi connectivity index (χ2v) is 9.37. The summed E-state index contributed by atoms with van der Waals surface area (Å²) in [7, 11) is 0. The molecule has 0 bridgehead atoms. The predicted octanol–water partition coefficient (Wildman–Crippen LogP) is 6.94. The molecule has 34 heavy (non-hydrogen) atoms. The van der Waals surface area contributed by atoms with E-state index >= 15 is 0 Å². The van der Waals surface area contributed by atoms with Crippen LogP contribution in [0.25, 0.3) is 0 Å². The number of rotatable bonds is 4. The Balaban J connectivity index is 1.55. The lowest BCUT2D eigenvalue weighted by Gasteiger charge is -2.38. The van der Waals surface area contributed by atoms with Gasteiger partial charge < -0.3 is 10.6 Å². The number of nitrogens with zero attached hydrogens (tertiary/aromatic N) is 1. The molecule has 1 heterocycles. The number of nitrogens with one attached hydrogen (secondary N) is 2. The summed E-state index contributed by atoms with van der Waals surface area (Å²) >= 11 is 6.53. The fourth-order valence-electron chi connectivity index (χ4n) is 5.02. The number of anilines is 2. The molecule has 0 spiro atoms. The van der Waals surface area contributed by atoms with Crippen LogP contribution in [-0.2, 0) is 0 Å². The Morgan fingerprint density at radius 2 is 1.91 bits per heavy atom. The summed E-state index contributed by atoms with van der Waals surface area (Å²) in [4.78, 5) is 24.3. The first-order valence-electron chi connectivity index (χ1n) is 11.2. The van der Waals surface area contributed by atoms with Gasteiger partial charge in [0, 0.05) is 34.3 Å². The van der Waals surface area contributed by atoms with Gasteiger partial charge in [0.15, 0.2) is 0 Å². The van der Waals surface area contributed by atoms with E-state index in [0.29, 0.717) is 16.1 Å². The molecule has 0 radical (unpaired) electrons. The quantitative estimate of drug-likeness (QED) is 0.244. The minimum Gasteiger partial charge on any atom is -0.377 e. The number of hydrogen-bond acceptors (Lipinski definition) is 4. The summed E-state index contributed by atoms with van der Waals surface area (Å²) in [5, 5.41) is 18.4. The Morgan fingerprint density at radius 3 is 2.68 bits per heavy atom. The average molecular weight is 474 g/mol. The molecule has 0 aromatic heterocycles. The molecule has 0 saturated heterocycles. The first kappa shape index (κ1) is 22.2. The van der Waals surface area contributed by atoms with E-state index in [1.54, 1.807) is 12.1 Å². The van der Waals surface area contributed by atoms with Crippen LogP contribution in [0.5, 0.6) is 0 Å². The van der Waals surface area contributed by atoms with E-state index in [1.165, 1.54) is 12.1 Å². The van der Waals surface area contributed by atoms with Crippen LogP contribution in [-0.4, -0.2) is 10.8 Å². The van der Waals surface area contributed by atoms with Crippen LogP contribution in [0.4, 0.5) is 17.1 Å². The van der Waals surface area contributed by atoms with Crippen LogP contribution in [0.3, 0.4) is 0 Å². The monoisotopic (exact) mass is 473 g/mol. The summed E-state index contributed by atoms with van der Waals surface area (Å²) < 4.78 is 0. The summed E-state index contributed by atoms with van der Waals surface area (Å²) in [6.07, 6.45) is 5.11. The lowest BCUT2D eigenvalue weighted by Crippen LogP contribution is -2.31. The van der Waals surface area contributed by atoms with Gasteiger partial charge in [-0.1, -0.05) is 42.0 Å². The van der Waals surface area contributed by atoms with Crippen molar-refractivity contribution in [3.8, 4) is 0 Å². The number of carbonyl (C=O) groups excluding carboxylic acids is 1. The lowest BCUT2D eigenvalue weighted by atomic mass is 9.76. The van der Waals surface area contributed by atoms with Gasteiger partial charge >= 0.3 is 0 Å². The van der Waals surface area contributed by atoms with Gasteiger partial charge in [-0.2, -0.15) is 0 Å². The number of nitro benzene ring substituents is 1. The number of benzene rings is 3. The van der Waals surface area contributed by atoms with E-state index in [0.717, 1.165) is 34.5 Å². The highest BCUT2D eigenvalue weighted by molar-refractivity contribution is 6.31. The van der Waals surface area contributed by atoms with Gasteiger partial charge in [-0.25, -0.2) is 0 Å². The molecular formula is C27H24ClN3O3. The number of hydrogen-bond donors (Lipinski definition) is 2. The van der Waals surface area contributed by atoms with Crippen molar-refractivity contribution in [3.63, 3.8) is 0 Å². The van der Waals surface area contributed by atoms with Crippen molar-refractivity contribution in [3.05, 3.63) is 110 Å². The SMILES string of the molecule is Cc1ccc(NC(=O)c2cccc3c2NC(c2cc([N+](=O)[O-])ccc2Cl)C2CC=CC32)cc1C. The van der Waals surface area contributed by atoms with Gasteiger partial charge in [0.25, 0.3) is 11.6 Å². The number of amides is 1. The van der Waals surface area contributed by atoms with Gasteiger partial charge in [-0.15, -0.1) is 0 Å². The molecule has 2 N–H and O–H groups in total. The zero-order valence-electron chi connectivity index (χ0n) is 18.8. The summed E-state index contributed by atoms with van der Waals surface area (Å²) in [5.41, 5.74) is 5.98. The van der Waals surface area contributed by atoms with E-state index in [4.69, 9.17) is 11.6 Å². The van der Waals surface area contributed by atoms with Gasteiger partial charge in [0.1, 0.15) is 0 Å². The molecular weight excluding hydrogens is 450 g/mol. The van der Waals surface area contributed by atoms with E-state index in [2.05, 4.69) is 22.8 Å². The minimum atomic E-state index is -0.413. The third-order valence-electron chi connectivity index (χ3n) is 6.93. The van der Waals surface area contributed by atoms with Gasteiger partial charge in [-0.05, 0) is 67.1 Å². The Labute approximate surface area is 202 Å². The van der Waals surface area contributed by atoms with Crippen LogP contribution in [0.2, 0.25) is 5.02 Å². The number of allylic oxidation sites excluding steroid dienone is 2. The summed E-state index contributed by atoms with van der Waals surface area (Å²) in [5.74, 6) is 0.0212. The van der Waals surface area contributed by atoms with Crippen molar-refractivity contribution in [2.24, 2.45) is 5.92 Å². The first-order chi connectivity index (χ1) is 16.3. The fourth-order valence-corrected chi connectivity index (χ4v) is 5.25. The second kappa shape index (κ2) is 8.61. The van der Waals surface area contributed by atoms with Crippen LogP contribution in [0.1, 0.15) is 51.0 Å². The van der Waals surface area contributed by atoms with Crippen molar-refractivity contribution in [2.75, 3.05) is 10.6 Å². The molecule has 6 nitrogen and oxygen atoms in total. The maximum atomic E-state index is 13.3. The third-order valence-corrected chi connectivity index (χ3v) is 7.28. The Bertz CT molecular complexity index is 1350. The zero-order valence-corrected chi connectivity index (χ0v) is 19.6. The number of non-ortho nitro benzene ring substituents is 1. The van der Waals surface area contributed by atoms with Crippen molar-refractivity contribution < 1.29 is 9.72 Å². The summed E-state index contributed by atoms with van der Waals surface area (Å²) in [6.45, 7) is 4.04.